The van der Waals surface area contributed by atoms with E-state index in [2.05, 4.69) is 10.6 Å². The van der Waals surface area contributed by atoms with E-state index in [-0.39, 0.29) is 19.3 Å². The SMILES string of the molecule is CC(CC(N)=O)NC(=O)NC(=O)CCCCC(=O)O. The lowest BCUT2D eigenvalue weighted by Crippen LogP contribution is -2.44. The second-order valence-corrected chi connectivity index (χ2v) is 4.19. The molecular weight excluding hydrogens is 254 g/mol. The van der Waals surface area contributed by atoms with Crippen LogP contribution in [0.4, 0.5) is 4.79 Å². The Labute approximate surface area is 110 Å². The van der Waals surface area contributed by atoms with Crippen molar-refractivity contribution in [3.8, 4) is 0 Å². The van der Waals surface area contributed by atoms with Crippen molar-refractivity contribution in [3.63, 3.8) is 0 Å². The van der Waals surface area contributed by atoms with Crippen LogP contribution in [0.25, 0.3) is 0 Å². The Morgan fingerprint density at radius 3 is 2.26 bits per heavy atom. The average Bonchev–Trinajstić information content (AvgIpc) is 2.22. The van der Waals surface area contributed by atoms with Crippen molar-refractivity contribution in [1.29, 1.82) is 0 Å². The first-order valence-corrected chi connectivity index (χ1v) is 5.91. The van der Waals surface area contributed by atoms with Crippen LogP contribution in [0.2, 0.25) is 0 Å². The number of carboxylic acid groups (broad SMARTS) is 1. The smallest absolute Gasteiger partial charge is 0.321 e. The lowest BCUT2D eigenvalue weighted by molar-refractivity contribution is -0.137. The summed E-state index contributed by atoms with van der Waals surface area (Å²) < 4.78 is 0. The van der Waals surface area contributed by atoms with Crippen molar-refractivity contribution in [2.24, 2.45) is 5.73 Å². The van der Waals surface area contributed by atoms with E-state index in [0.29, 0.717) is 12.8 Å². The van der Waals surface area contributed by atoms with E-state index in [1.165, 1.54) is 0 Å². The third kappa shape index (κ3) is 10.7. The van der Waals surface area contributed by atoms with Crippen LogP contribution in [0.3, 0.4) is 0 Å². The number of carboxylic acids is 1. The second kappa shape index (κ2) is 8.90. The largest absolute Gasteiger partial charge is 0.481 e. The molecule has 1 atom stereocenters. The molecule has 0 aliphatic carbocycles. The van der Waals surface area contributed by atoms with Crippen molar-refractivity contribution in [2.45, 2.75) is 45.1 Å². The van der Waals surface area contributed by atoms with E-state index >= 15 is 0 Å². The third-order valence-corrected chi connectivity index (χ3v) is 2.18. The fraction of sp³-hybridized carbons (Fsp3) is 0.636. The van der Waals surface area contributed by atoms with Gasteiger partial charge in [-0.1, -0.05) is 0 Å². The number of carbonyl (C=O) groups is 4. The number of amides is 4. The molecule has 0 aliphatic rings. The molecule has 8 nitrogen and oxygen atoms in total. The summed E-state index contributed by atoms with van der Waals surface area (Å²) in [5.41, 5.74) is 4.95. The number of imide groups is 1. The highest BCUT2D eigenvalue weighted by molar-refractivity contribution is 5.94. The number of carbonyl (C=O) groups excluding carboxylic acids is 3. The molecule has 19 heavy (non-hydrogen) atoms. The zero-order valence-corrected chi connectivity index (χ0v) is 10.8. The van der Waals surface area contributed by atoms with E-state index in [4.69, 9.17) is 10.8 Å². The quantitative estimate of drug-likeness (QED) is 0.450. The van der Waals surface area contributed by atoms with Crippen molar-refractivity contribution in [2.75, 3.05) is 0 Å². The van der Waals surface area contributed by atoms with Gasteiger partial charge in [0.1, 0.15) is 0 Å². The molecule has 0 saturated heterocycles. The minimum atomic E-state index is -0.918. The summed E-state index contributed by atoms with van der Waals surface area (Å²) in [6, 6.07) is -1.16. The van der Waals surface area contributed by atoms with E-state index in [0.717, 1.165) is 0 Å². The number of hydrogen-bond acceptors (Lipinski definition) is 4. The average molecular weight is 273 g/mol. The van der Waals surface area contributed by atoms with Crippen molar-refractivity contribution in [3.05, 3.63) is 0 Å². The molecule has 5 N–H and O–H groups in total. The van der Waals surface area contributed by atoms with Gasteiger partial charge in [-0.3, -0.25) is 19.7 Å². The number of nitrogens with two attached hydrogens (primary N) is 1. The van der Waals surface area contributed by atoms with Gasteiger partial charge in [-0.25, -0.2) is 4.79 Å². The molecular formula is C11H19N3O5. The minimum Gasteiger partial charge on any atom is -0.481 e. The van der Waals surface area contributed by atoms with Crippen LogP contribution >= 0.6 is 0 Å². The number of rotatable bonds is 8. The van der Waals surface area contributed by atoms with E-state index in [1.807, 2.05) is 0 Å². The molecule has 0 aromatic heterocycles. The van der Waals surface area contributed by atoms with Crippen LogP contribution in [-0.2, 0) is 14.4 Å². The van der Waals surface area contributed by atoms with Gasteiger partial charge >= 0.3 is 12.0 Å². The Hall–Kier alpha value is -2.12. The number of aliphatic carboxylic acids is 1. The molecule has 0 aromatic carbocycles. The molecule has 8 heteroatoms. The molecule has 1 unspecified atom stereocenters. The predicted octanol–water partition coefficient (Wildman–Crippen LogP) is -0.279. The highest BCUT2D eigenvalue weighted by Crippen LogP contribution is 1.99. The maximum Gasteiger partial charge on any atom is 0.321 e. The molecule has 108 valence electrons. The summed E-state index contributed by atoms with van der Waals surface area (Å²) in [6.07, 6.45) is 0.824. The molecule has 4 amide bonds. The van der Waals surface area contributed by atoms with Crippen LogP contribution < -0.4 is 16.4 Å². The normalized spacial score (nSPS) is 11.4. The molecule has 0 fully saturated rings. The first kappa shape index (κ1) is 16.9. The zero-order chi connectivity index (χ0) is 14.8. The number of unbranched alkanes of at least 4 members (excludes halogenated alkanes) is 1. The van der Waals surface area contributed by atoms with Gasteiger partial charge in [-0.2, -0.15) is 0 Å². The van der Waals surface area contributed by atoms with E-state index in [1.54, 1.807) is 6.92 Å². The van der Waals surface area contributed by atoms with Crippen LogP contribution in [0.1, 0.15) is 39.0 Å². The maximum atomic E-state index is 11.3. The van der Waals surface area contributed by atoms with Gasteiger partial charge in [-0.15, -0.1) is 0 Å². The van der Waals surface area contributed by atoms with Crippen LogP contribution in [0.15, 0.2) is 0 Å². The van der Waals surface area contributed by atoms with Crippen LogP contribution in [-0.4, -0.2) is 35.0 Å². The van der Waals surface area contributed by atoms with E-state index < -0.39 is 29.9 Å². The third-order valence-electron chi connectivity index (χ3n) is 2.18. The second-order valence-electron chi connectivity index (χ2n) is 4.19. The Balaban J connectivity index is 3.77. The Kier molecular flexibility index (Phi) is 7.90. The van der Waals surface area contributed by atoms with Gasteiger partial charge in [0.2, 0.25) is 11.8 Å². The first-order chi connectivity index (χ1) is 8.81. The molecule has 0 rings (SSSR count). The highest BCUT2D eigenvalue weighted by Gasteiger charge is 2.12. The van der Waals surface area contributed by atoms with Crippen molar-refractivity contribution >= 4 is 23.8 Å². The van der Waals surface area contributed by atoms with Gasteiger partial charge in [0, 0.05) is 25.3 Å². The minimum absolute atomic E-state index is 0.00484. The molecule has 0 bridgehead atoms. The first-order valence-electron chi connectivity index (χ1n) is 5.91. The number of urea groups is 1. The lowest BCUT2D eigenvalue weighted by atomic mass is 10.2. The fourth-order valence-corrected chi connectivity index (χ4v) is 1.36. The molecule has 0 aromatic rings. The topological polar surface area (TPSA) is 139 Å². The zero-order valence-electron chi connectivity index (χ0n) is 10.8. The van der Waals surface area contributed by atoms with E-state index in [9.17, 15) is 19.2 Å². The van der Waals surface area contributed by atoms with Gasteiger partial charge in [-0.05, 0) is 19.8 Å². The summed E-state index contributed by atoms with van der Waals surface area (Å²) in [7, 11) is 0. The van der Waals surface area contributed by atoms with Gasteiger partial charge in [0.15, 0.2) is 0 Å². The maximum absolute atomic E-state index is 11.3. The standard InChI is InChI=1S/C11H19N3O5/c1-7(6-8(12)15)13-11(19)14-9(16)4-2-3-5-10(17)18/h7H,2-6H2,1H3,(H2,12,15)(H,17,18)(H2,13,14,16,19). The Morgan fingerprint density at radius 2 is 1.74 bits per heavy atom. The highest BCUT2D eigenvalue weighted by atomic mass is 16.4. The Morgan fingerprint density at radius 1 is 1.16 bits per heavy atom. The van der Waals surface area contributed by atoms with Crippen molar-refractivity contribution < 1.29 is 24.3 Å². The van der Waals surface area contributed by atoms with Crippen molar-refractivity contribution in [1.82, 2.24) is 10.6 Å². The molecule has 0 saturated carbocycles. The van der Waals surface area contributed by atoms with Gasteiger partial charge in [0.05, 0.1) is 0 Å². The number of primary amides is 1. The molecule has 0 aliphatic heterocycles. The Bertz CT molecular complexity index is 356. The monoisotopic (exact) mass is 273 g/mol. The molecule has 0 radical (unpaired) electrons. The summed E-state index contributed by atoms with van der Waals surface area (Å²) in [5, 5.41) is 12.9. The van der Waals surface area contributed by atoms with Gasteiger partial charge < -0.3 is 16.2 Å². The van der Waals surface area contributed by atoms with Gasteiger partial charge in [0.25, 0.3) is 0 Å². The summed E-state index contributed by atoms with van der Waals surface area (Å²) >= 11 is 0. The molecule has 0 spiro atoms. The summed E-state index contributed by atoms with van der Waals surface area (Å²) in [6.45, 7) is 1.58. The fourth-order valence-electron chi connectivity index (χ4n) is 1.36. The summed E-state index contributed by atoms with van der Waals surface area (Å²) in [5.74, 6) is -1.96. The van der Waals surface area contributed by atoms with Crippen LogP contribution in [0.5, 0.6) is 0 Å². The summed E-state index contributed by atoms with van der Waals surface area (Å²) in [4.78, 5) is 43.4. The lowest BCUT2D eigenvalue weighted by Gasteiger charge is -2.12. The number of hydrogen-bond donors (Lipinski definition) is 4. The molecule has 0 heterocycles. The van der Waals surface area contributed by atoms with Crippen LogP contribution in [0, 0.1) is 0 Å². The number of nitrogens with one attached hydrogen (secondary N) is 2. The predicted molar refractivity (Wildman–Crippen MR) is 66.1 cm³/mol.